The Kier molecular flexibility index (Phi) is 4.84. The zero-order chi connectivity index (χ0) is 20.4. The summed E-state index contributed by atoms with van der Waals surface area (Å²) in [7, 11) is 0. The first-order valence-corrected chi connectivity index (χ1v) is 9.20. The van der Waals surface area contributed by atoms with Gasteiger partial charge in [-0.25, -0.2) is 0 Å². The Bertz CT molecular complexity index is 985. The number of anilines is 1. The minimum absolute atomic E-state index is 0.0543. The molecule has 2 aromatic rings. The number of hydrogen-bond donors (Lipinski definition) is 2. The van der Waals surface area contributed by atoms with Gasteiger partial charge in [-0.05, 0) is 24.6 Å². The third kappa shape index (κ3) is 3.87. The van der Waals surface area contributed by atoms with E-state index in [0.29, 0.717) is 36.1 Å². The number of ether oxygens (including phenoxy) is 2. The van der Waals surface area contributed by atoms with Gasteiger partial charge in [0, 0.05) is 18.2 Å². The highest BCUT2D eigenvalue weighted by Crippen LogP contribution is 2.35. The number of carbonyl (C=O) groups is 2. The molecule has 4 rings (SSSR count). The Hall–Kier alpha value is -3.55. The van der Waals surface area contributed by atoms with Crippen molar-refractivity contribution in [3.05, 3.63) is 53.6 Å². The van der Waals surface area contributed by atoms with Crippen LogP contribution in [0.25, 0.3) is 0 Å². The number of nitrogens with zero attached hydrogens (tertiary/aromatic N) is 1. The first-order valence-electron chi connectivity index (χ1n) is 9.20. The van der Waals surface area contributed by atoms with Gasteiger partial charge in [0.25, 0.3) is 5.91 Å². The number of rotatable bonds is 5. The third-order valence-corrected chi connectivity index (χ3v) is 4.82. The van der Waals surface area contributed by atoms with Crippen molar-refractivity contribution in [1.29, 1.82) is 0 Å². The summed E-state index contributed by atoms with van der Waals surface area (Å²) in [5.41, 5.74) is 1.23. The van der Waals surface area contributed by atoms with E-state index >= 15 is 0 Å². The summed E-state index contributed by atoms with van der Waals surface area (Å²) >= 11 is 0. The summed E-state index contributed by atoms with van der Waals surface area (Å²) in [6.45, 7) is 2.85. The first-order chi connectivity index (χ1) is 13.9. The van der Waals surface area contributed by atoms with Gasteiger partial charge < -0.3 is 24.7 Å². The lowest BCUT2D eigenvalue weighted by Crippen LogP contribution is -2.45. The van der Waals surface area contributed by atoms with Gasteiger partial charge in [-0.15, -0.1) is 0 Å². The second kappa shape index (κ2) is 7.46. The molecule has 150 valence electrons. The van der Waals surface area contributed by atoms with Crippen LogP contribution in [0.2, 0.25) is 0 Å². The van der Waals surface area contributed by atoms with Crippen LogP contribution < -0.4 is 14.8 Å². The van der Waals surface area contributed by atoms with Gasteiger partial charge in [-0.1, -0.05) is 35.0 Å². The molecule has 1 atom stereocenters. The molecule has 8 nitrogen and oxygen atoms in total. The van der Waals surface area contributed by atoms with Crippen molar-refractivity contribution in [2.24, 2.45) is 5.16 Å². The minimum Gasteiger partial charge on any atom is -0.486 e. The zero-order valence-electron chi connectivity index (χ0n) is 15.8. The quantitative estimate of drug-likeness (QED) is 0.805. The van der Waals surface area contributed by atoms with E-state index in [1.807, 2.05) is 31.2 Å². The van der Waals surface area contributed by atoms with Crippen LogP contribution in [0.1, 0.15) is 24.0 Å². The van der Waals surface area contributed by atoms with E-state index in [2.05, 4.69) is 10.5 Å². The zero-order valence-corrected chi connectivity index (χ0v) is 15.8. The molecule has 8 heteroatoms. The predicted octanol–water partition coefficient (Wildman–Crippen LogP) is 2.74. The largest absolute Gasteiger partial charge is 0.486 e. The second-order valence-electron chi connectivity index (χ2n) is 7.05. The Morgan fingerprint density at radius 1 is 1.10 bits per heavy atom. The molecule has 2 N–H and O–H groups in total. The molecule has 0 bridgehead atoms. The fourth-order valence-corrected chi connectivity index (χ4v) is 3.29. The van der Waals surface area contributed by atoms with Crippen molar-refractivity contribution in [3.8, 4) is 11.5 Å². The van der Waals surface area contributed by atoms with Crippen molar-refractivity contribution in [3.63, 3.8) is 0 Å². The molecule has 0 fully saturated rings. The average molecular weight is 396 g/mol. The van der Waals surface area contributed by atoms with Gasteiger partial charge in [-0.3, -0.25) is 9.59 Å². The summed E-state index contributed by atoms with van der Waals surface area (Å²) in [5, 5.41) is 16.1. The van der Waals surface area contributed by atoms with Crippen molar-refractivity contribution >= 4 is 23.3 Å². The highest BCUT2D eigenvalue weighted by Gasteiger charge is 2.48. The monoisotopic (exact) mass is 396 g/mol. The molecule has 0 spiro atoms. The lowest BCUT2D eigenvalue weighted by atomic mass is 9.90. The van der Waals surface area contributed by atoms with Crippen molar-refractivity contribution in [1.82, 2.24) is 0 Å². The number of amides is 1. The summed E-state index contributed by atoms with van der Waals surface area (Å²) in [6.07, 6.45) is -0.457. The highest BCUT2D eigenvalue weighted by atomic mass is 16.7. The number of aryl methyl sites for hydroxylation is 1. The van der Waals surface area contributed by atoms with Crippen molar-refractivity contribution < 1.29 is 29.0 Å². The molecule has 2 aliphatic heterocycles. The number of aliphatic carboxylic acids is 1. The topological polar surface area (TPSA) is 106 Å². The van der Waals surface area contributed by atoms with Crippen LogP contribution in [0.5, 0.6) is 11.5 Å². The van der Waals surface area contributed by atoms with Crippen LogP contribution in [-0.4, -0.2) is 41.5 Å². The Morgan fingerprint density at radius 3 is 2.55 bits per heavy atom. The number of nitrogens with one attached hydrogen (secondary N) is 1. The lowest BCUT2D eigenvalue weighted by Gasteiger charge is -2.24. The van der Waals surface area contributed by atoms with Gasteiger partial charge in [0.1, 0.15) is 13.2 Å². The summed E-state index contributed by atoms with van der Waals surface area (Å²) < 4.78 is 11.0. The molecule has 1 amide bonds. The van der Waals surface area contributed by atoms with E-state index in [0.717, 1.165) is 11.1 Å². The standard InChI is InChI=1S/C21H20N2O6/c1-13-2-4-14(5-3-13)16-11-21(29-23-16,12-19(24)25)20(26)22-15-6-7-17-18(10-15)28-9-8-27-17/h2-7,10H,8-9,11-12H2,1H3,(H,22,26)(H,24,25). The van der Waals surface area contributed by atoms with Gasteiger partial charge in [0.2, 0.25) is 5.60 Å². The maximum Gasteiger partial charge on any atom is 0.308 e. The maximum absolute atomic E-state index is 13.0. The predicted molar refractivity (Wildman–Crippen MR) is 104 cm³/mol. The summed E-state index contributed by atoms with van der Waals surface area (Å²) in [5.74, 6) is -0.619. The SMILES string of the molecule is Cc1ccc(C2=NOC(CC(=O)O)(C(=O)Nc3ccc4c(c3)OCCO4)C2)cc1. The third-order valence-electron chi connectivity index (χ3n) is 4.82. The van der Waals surface area contributed by atoms with Crippen LogP contribution in [0.4, 0.5) is 5.69 Å². The van der Waals surface area contributed by atoms with Crippen LogP contribution in [0, 0.1) is 6.92 Å². The summed E-state index contributed by atoms with van der Waals surface area (Å²) in [6, 6.07) is 12.6. The molecule has 2 aromatic carbocycles. The van der Waals surface area contributed by atoms with Crippen LogP contribution in [-0.2, 0) is 14.4 Å². The molecule has 0 radical (unpaired) electrons. The van der Waals surface area contributed by atoms with Crippen molar-refractivity contribution in [2.45, 2.75) is 25.4 Å². The minimum atomic E-state index is -1.63. The molecule has 1 unspecified atom stereocenters. The second-order valence-corrected chi connectivity index (χ2v) is 7.05. The van der Waals surface area contributed by atoms with E-state index in [9.17, 15) is 14.7 Å². The molecule has 0 saturated heterocycles. The van der Waals surface area contributed by atoms with E-state index < -0.39 is 23.9 Å². The molecule has 0 aromatic heterocycles. The van der Waals surface area contributed by atoms with Gasteiger partial charge in [-0.2, -0.15) is 0 Å². The van der Waals surface area contributed by atoms with Crippen molar-refractivity contribution in [2.75, 3.05) is 18.5 Å². The Balaban J connectivity index is 1.55. The first kappa shape index (κ1) is 18.8. The van der Waals surface area contributed by atoms with Crippen LogP contribution in [0.15, 0.2) is 47.6 Å². The number of carbonyl (C=O) groups excluding carboxylic acids is 1. The normalized spacial score (nSPS) is 19.8. The Labute approximate surface area is 167 Å². The van der Waals surface area contributed by atoms with Crippen LogP contribution in [0.3, 0.4) is 0 Å². The fourth-order valence-electron chi connectivity index (χ4n) is 3.29. The molecule has 0 saturated carbocycles. The smallest absolute Gasteiger partial charge is 0.308 e. The number of oxime groups is 1. The lowest BCUT2D eigenvalue weighted by molar-refractivity contribution is -0.152. The van der Waals surface area contributed by atoms with Gasteiger partial charge in [0.05, 0.1) is 12.1 Å². The molecular formula is C21H20N2O6. The number of hydrogen-bond acceptors (Lipinski definition) is 6. The Morgan fingerprint density at radius 2 is 1.83 bits per heavy atom. The fraction of sp³-hybridized carbons (Fsp3) is 0.286. The van der Waals surface area contributed by atoms with E-state index in [4.69, 9.17) is 14.3 Å². The average Bonchev–Trinajstić information content (AvgIpc) is 3.13. The van der Waals surface area contributed by atoms with Gasteiger partial charge in [0.15, 0.2) is 11.5 Å². The molecule has 2 aliphatic rings. The molecule has 29 heavy (non-hydrogen) atoms. The van der Waals surface area contributed by atoms with E-state index in [1.165, 1.54) is 0 Å². The molecular weight excluding hydrogens is 376 g/mol. The van der Waals surface area contributed by atoms with E-state index in [-0.39, 0.29) is 6.42 Å². The molecule has 0 aliphatic carbocycles. The summed E-state index contributed by atoms with van der Waals surface area (Å²) in [4.78, 5) is 29.9. The highest BCUT2D eigenvalue weighted by molar-refractivity contribution is 6.09. The number of benzene rings is 2. The molecule has 2 heterocycles. The van der Waals surface area contributed by atoms with Crippen LogP contribution >= 0.6 is 0 Å². The number of fused-ring (bicyclic) bond motifs is 1. The van der Waals surface area contributed by atoms with E-state index in [1.54, 1.807) is 18.2 Å². The number of carboxylic acid groups (broad SMARTS) is 1. The number of carboxylic acids is 1. The van der Waals surface area contributed by atoms with Gasteiger partial charge >= 0.3 is 5.97 Å². The maximum atomic E-state index is 13.0.